The number of nitrogens with zero attached hydrogens (tertiary/aromatic N) is 1. The largest absolute Gasteiger partial charge is 0.465 e. The van der Waals surface area contributed by atoms with Crippen molar-refractivity contribution in [2.45, 2.75) is 0 Å². The minimum atomic E-state index is -4.31. The molecular formula is C13H13NO6S. The first kappa shape index (κ1) is 15.0. The molecule has 0 spiro atoms. The minimum absolute atomic E-state index is 0.486. The van der Waals surface area contributed by atoms with Crippen molar-refractivity contribution in [3.05, 3.63) is 33.3 Å². The molecule has 1 aromatic heterocycles. The molecular weight excluding hydrogens is 298 g/mol. The molecule has 1 aliphatic rings. The topological polar surface area (TPSA) is 91.7 Å². The maximum atomic E-state index is 12.4. The highest BCUT2D eigenvalue weighted by Gasteiger charge is 2.36. The van der Waals surface area contributed by atoms with Gasteiger partial charge in [0.15, 0.2) is 9.81 Å². The molecule has 8 heteroatoms. The predicted octanol–water partition coefficient (Wildman–Crippen LogP) is 0.481. The molecule has 0 fully saturated rings. The van der Waals surface area contributed by atoms with Gasteiger partial charge in [-0.2, -0.15) is 0 Å². The molecule has 2 heterocycles. The summed E-state index contributed by atoms with van der Waals surface area (Å²) in [4.78, 5) is 22.3. The second-order valence-electron chi connectivity index (χ2n) is 4.34. The summed E-state index contributed by atoms with van der Waals surface area (Å²) in [5, 5.41) is 0. The number of ether oxygens (including phenoxy) is 2. The van der Waals surface area contributed by atoms with Crippen LogP contribution in [-0.4, -0.2) is 39.1 Å². The van der Waals surface area contributed by atoms with E-state index in [1.165, 1.54) is 12.2 Å². The quantitative estimate of drug-likeness (QED) is 0.738. The van der Waals surface area contributed by atoms with Gasteiger partial charge in [0, 0.05) is 30.6 Å². The Morgan fingerprint density at radius 1 is 0.952 bits per heavy atom. The van der Waals surface area contributed by atoms with Gasteiger partial charge < -0.3 is 14.0 Å². The molecule has 1 aromatic rings. The van der Waals surface area contributed by atoms with Crippen LogP contribution in [0.15, 0.2) is 22.2 Å². The molecule has 0 amide bonds. The summed E-state index contributed by atoms with van der Waals surface area (Å²) in [6.07, 6.45) is 5.63. The van der Waals surface area contributed by atoms with Crippen molar-refractivity contribution in [3.63, 3.8) is 0 Å². The molecule has 0 atom stereocenters. The third-order valence-corrected chi connectivity index (χ3v) is 4.67. The van der Waals surface area contributed by atoms with Gasteiger partial charge in [0.25, 0.3) is 0 Å². The Bertz CT molecular complexity index is 724. The van der Waals surface area contributed by atoms with Crippen LogP contribution in [0.25, 0.3) is 12.2 Å². The Morgan fingerprint density at radius 2 is 1.33 bits per heavy atom. The van der Waals surface area contributed by atoms with Gasteiger partial charge in [-0.05, 0) is 12.2 Å². The third kappa shape index (κ3) is 2.49. The maximum Gasteiger partial charge on any atom is 0.349 e. The van der Waals surface area contributed by atoms with E-state index in [2.05, 4.69) is 9.47 Å². The van der Waals surface area contributed by atoms with E-state index in [1.54, 1.807) is 24.0 Å². The molecule has 0 aromatic carbocycles. The van der Waals surface area contributed by atoms with E-state index in [1.807, 2.05) is 0 Å². The van der Waals surface area contributed by atoms with Crippen LogP contribution in [0.1, 0.15) is 11.1 Å². The predicted molar refractivity (Wildman–Crippen MR) is 74.3 cm³/mol. The van der Waals surface area contributed by atoms with Crippen LogP contribution in [-0.2, 0) is 35.9 Å². The summed E-state index contributed by atoms with van der Waals surface area (Å²) in [6, 6.07) is 0. The van der Waals surface area contributed by atoms with Crippen molar-refractivity contribution >= 4 is 33.9 Å². The SMILES string of the molecule is COC(=O)C1=Cc2cn(C)cc2C=C(C(=O)OC)S1(=O)=O. The molecule has 7 nitrogen and oxygen atoms in total. The first-order valence-corrected chi connectivity index (χ1v) is 7.30. The van der Waals surface area contributed by atoms with E-state index in [-0.39, 0.29) is 0 Å². The Balaban J connectivity index is 2.79. The van der Waals surface area contributed by atoms with Crippen LogP contribution in [0, 0.1) is 0 Å². The summed E-state index contributed by atoms with van der Waals surface area (Å²) in [5.41, 5.74) is 0.973. The summed E-state index contributed by atoms with van der Waals surface area (Å²) >= 11 is 0. The minimum Gasteiger partial charge on any atom is -0.465 e. The first-order chi connectivity index (χ1) is 9.81. The summed E-state index contributed by atoms with van der Waals surface area (Å²) in [7, 11) is -0.441. The van der Waals surface area contributed by atoms with Crippen molar-refractivity contribution in [1.82, 2.24) is 4.57 Å². The van der Waals surface area contributed by atoms with E-state index in [0.29, 0.717) is 11.1 Å². The normalized spacial score (nSPS) is 16.1. The molecule has 0 unspecified atom stereocenters. The van der Waals surface area contributed by atoms with Crippen LogP contribution in [0.2, 0.25) is 0 Å². The van der Waals surface area contributed by atoms with E-state index in [4.69, 9.17) is 0 Å². The smallest absolute Gasteiger partial charge is 0.349 e. The van der Waals surface area contributed by atoms with Gasteiger partial charge in [0.05, 0.1) is 14.2 Å². The number of carbonyl (C=O) groups is 2. The number of methoxy groups -OCH3 is 2. The highest BCUT2D eigenvalue weighted by Crippen LogP contribution is 2.30. The molecule has 2 rings (SSSR count). The maximum absolute atomic E-state index is 12.4. The number of sulfone groups is 1. The lowest BCUT2D eigenvalue weighted by Crippen LogP contribution is -2.21. The van der Waals surface area contributed by atoms with Crippen molar-refractivity contribution in [3.8, 4) is 0 Å². The molecule has 0 bridgehead atoms. The molecule has 1 aliphatic heterocycles. The van der Waals surface area contributed by atoms with Gasteiger partial charge in [-0.3, -0.25) is 0 Å². The summed E-state index contributed by atoms with van der Waals surface area (Å²) in [6.45, 7) is 0. The molecule has 0 saturated carbocycles. The van der Waals surface area contributed by atoms with Gasteiger partial charge in [-0.1, -0.05) is 0 Å². The highest BCUT2D eigenvalue weighted by atomic mass is 32.2. The standard InChI is InChI=1S/C13H13NO6S/c1-14-6-8-4-10(12(15)19-2)21(17,18)11(13(16)20-3)5-9(8)7-14/h4-7H,1-3H3. The van der Waals surface area contributed by atoms with Crippen molar-refractivity contribution in [2.75, 3.05) is 14.2 Å². The number of hydrogen-bond donors (Lipinski definition) is 0. The first-order valence-electron chi connectivity index (χ1n) is 5.82. The molecule has 0 saturated heterocycles. The number of fused-ring (bicyclic) bond motifs is 1. The average molecular weight is 311 g/mol. The van der Waals surface area contributed by atoms with Gasteiger partial charge in [0.1, 0.15) is 0 Å². The third-order valence-electron chi connectivity index (χ3n) is 2.94. The molecule has 0 radical (unpaired) electrons. The lowest BCUT2D eigenvalue weighted by atomic mass is 10.2. The van der Waals surface area contributed by atoms with Crippen molar-refractivity contribution in [2.24, 2.45) is 7.05 Å². The molecule has 21 heavy (non-hydrogen) atoms. The lowest BCUT2D eigenvalue weighted by molar-refractivity contribution is -0.135. The molecule has 112 valence electrons. The van der Waals surface area contributed by atoms with Crippen LogP contribution in [0.3, 0.4) is 0 Å². The van der Waals surface area contributed by atoms with Gasteiger partial charge >= 0.3 is 11.9 Å². The monoisotopic (exact) mass is 311 g/mol. The zero-order valence-electron chi connectivity index (χ0n) is 11.6. The lowest BCUT2D eigenvalue weighted by Gasteiger charge is -2.07. The zero-order chi connectivity index (χ0) is 15.8. The second-order valence-corrected chi connectivity index (χ2v) is 6.22. The van der Waals surface area contributed by atoms with Gasteiger partial charge in [-0.25, -0.2) is 18.0 Å². The van der Waals surface area contributed by atoms with Gasteiger partial charge in [-0.15, -0.1) is 0 Å². The van der Waals surface area contributed by atoms with Crippen LogP contribution in [0.5, 0.6) is 0 Å². The summed E-state index contributed by atoms with van der Waals surface area (Å²) in [5.74, 6) is -2.08. The number of hydrogen-bond acceptors (Lipinski definition) is 6. The highest BCUT2D eigenvalue weighted by molar-refractivity contribution is 8.01. The van der Waals surface area contributed by atoms with E-state index < -0.39 is 31.6 Å². The molecule has 0 N–H and O–H groups in total. The number of aryl methyl sites for hydroxylation is 1. The Hall–Kier alpha value is -2.35. The summed E-state index contributed by atoms with van der Waals surface area (Å²) < 4.78 is 35.5. The Morgan fingerprint density at radius 3 is 1.67 bits per heavy atom. The van der Waals surface area contributed by atoms with E-state index in [9.17, 15) is 18.0 Å². The van der Waals surface area contributed by atoms with Crippen molar-refractivity contribution < 1.29 is 27.5 Å². The second kappa shape index (κ2) is 5.21. The number of rotatable bonds is 2. The number of carbonyl (C=O) groups excluding carboxylic acids is 2. The van der Waals surface area contributed by atoms with Crippen LogP contribution < -0.4 is 0 Å². The van der Waals surface area contributed by atoms with Crippen LogP contribution in [0.4, 0.5) is 0 Å². The van der Waals surface area contributed by atoms with Crippen molar-refractivity contribution in [1.29, 1.82) is 0 Å². The average Bonchev–Trinajstić information content (AvgIpc) is 2.75. The fourth-order valence-electron chi connectivity index (χ4n) is 1.96. The fraction of sp³-hybridized carbons (Fsp3) is 0.231. The van der Waals surface area contributed by atoms with Gasteiger partial charge in [0.2, 0.25) is 9.84 Å². The van der Waals surface area contributed by atoms with E-state index in [0.717, 1.165) is 14.2 Å². The number of esters is 2. The Kier molecular flexibility index (Phi) is 3.73. The van der Waals surface area contributed by atoms with Crippen LogP contribution >= 0.6 is 0 Å². The van der Waals surface area contributed by atoms with E-state index >= 15 is 0 Å². The fourth-order valence-corrected chi connectivity index (χ4v) is 3.37. The number of aromatic nitrogens is 1. The zero-order valence-corrected chi connectivity index (χ0v) is 12.4. The Labute approximate surface area is 121 Å². The molecule has 0 aliphatic carbocycles.